The molecule has 70 valence electrons. The van der Waals surface area contributed by atoms with Crippen molar-refractivity contribution >= 4 is 21.6 Å². The van der Waals surface area contributed by atoms with E-state index in [4.69, 9.17) is 11.0 Å². The molecule has 0 radical (unpaired) electrons. The van der Waals surface area contributed by atoms with Gasteiger partial charge < -0.3 is 5.73 Å². The average molecular weight is 203 g/mol. The lowest BCUT2D eigenvalue weighted by Gasteiger charge is -1.95. The van der Waals surface area contributed by atoms with Gasteiger partial charge in [-0.1, -0.05) is 12.1 Å². The first-order chi connectivity index (χ1) is 6.79. The number of nitriles is 1. The number of aromatic nitrogens is 1. The second kappa shape index (κ2) is 3.74. The van der Waals surface area contributed by atoms with Crippen LogP contribution in [-0.4, -0.2) is 11.0 Å². The molecular formula is C10H9N3S. The predicted molar refractivity (Wildman–Crippen MR) is 56.9 cm³/mol. The smallest absolute Gasteiger partial charge is 0.0992 e. The van der Waals surface area contributed by atoms with Crippen molar-refractivity contribution in [2.24, 2.45) is 5.73 Å². The van der Waals surface area contributed by atoms with E-state index in [1.165, 1.54) is 0 Å². The molecule has 3 nitrogen and oxygen atoms in total. The van der Waals surface area contributed by atoms with Crippen LogP contribution in [0.1, 0.15) is 5.01 Å². The molecule has 0 spiro atoms. The topological polar surface area (TPSA) is 62.7 Å². The number of nitrogens with zero attached hydrogens (tertiary/aromatic N) is 2. The molecular weight excluding hydrogens is 194 g/mol. The van der Waals surface area contributed by atoms with E-state index in [1.54, 1.807) is 11.3 Å². The van der Waals surface area contributed by atoms with E-state index in [0.29, 0.717) is 6.42 Å². The highest BCUT2D eigenvalue weighted by Crippen LogP contribution is 2.21. The molecule has 0 saturated heterocycles. The largest absolute Gasteiger partial charge is 0.316 e. The molecule has 4 heteroatoms. The number of hydrogen-bond donors (Lipinski definition) is 1. The molecule has 0 amide bonds. The van der Waals surface area contributed by atoms with Gasteiger partial charge in [0.05, 0.1) is 27.3 Å². The summed E-state index contributed by atoms with van der Waals surface area (Å²) >= 11 is 1.60. The molecule has 0 aliphatic rings. The Morgan fingerprint density at radius 1 is 1.50 bits per heavy atom. The van der Waals surface area contributed by atoms with E-state index in [2.05, 4.69) is 4.98 Å². The number of para-hydroxylation sites is 1. The van der Waals surface area contributed by atoms with Gasteiger partial charge >= 0.3 is 0 Å². The Labute approximate surface area is 85.8 Å². The SMILES string of the molecule is N#CC(N)Cc1nc2ccccc2s1. The molecule has 1 unspecified atom stereocenters. The molecule has 0 saturated carbocycles. The highest BCUT2D eigenvalue weighted by molar-refractivity contribution is 7.18. The zero-order valence-electron chi connectivity index (χ0n) is 7.47. The molecule has 1 atom stereocenters. The van der Waals surface area contributed by atoms with Crippen molar-refractivity contribution in [3.8, 4) is 6.07 Å². The summed E-state index contributed by atoms with van der Waals surface area (Å²) in [6.07, 6.45) is 0.538. The van der Waals surface area contributed by atoms with Gasteiger partial charge in [0.15, 0.2) is 0 Å². The molecule has 1 heterocycles. The Hall–Kier alpha value is -1.44. The quantitative estimate of drug-likeness (QED) is 0.807. The van der Waals surface area contributed by atoms with Crippen LogP contribution in [-0.2, 0) is 6.42 Å². The number of thiazole rings is 1. The van der Waals surface area contributed by atoms with Crippen molar-refractivity contribution in [1.82, 2.24) is 4.98 Å². The Balaban J connectivity index is 2.32. The fraction of sp³-hybridized carbons (Fsp3) is 0.200. The van der Waals surface area contributed by atoms with E-state index in [-0.39, 0.29) is 0 Å². The van der Waals surface area contributed by atoms with Crippen LogP contribution in [0.2, 0.25) is 0 Å². The Morgan fingerprint density at radius 2 is 2.29 bits per heavy atom. The first-order valence-electron chi connectivity index (χ1n) is 4.29. The number of nitrogens with two attached hydrogens (primary N) is 1. The fourth-order valence-electron chi connectivity index (χ4n) is 1.24. The minimum Gasteiger partial charge on any atom is -0.316 e. The van der Waals surface area contributed by atoms with Gasteiger partial charge in [0.1, 0.15) is 0 Å². The van der Waals surface area contributed by atoms with Crippen LogP contribution in [0.4, 0.5) is 0 Å². The van der Waals surface area contributed by atoms with E-state index >= 15 is 0 Å². The Morgan fingerprint density at radius 3 is 3.00 bits per heavy atom. The molecule has 0 aliphatic carbocycles. The summed E-state index contributed by atoms with van der Waals surface area (Å²) in [7, 11) is 0. The highest BCUT2D eigenvalue weighted by Gasteiger charge is 2.07. The van der Waals surface area contributed by atoms with Crippen molar-refractivity contribution in [3.63, 3.8) is 0 Å². The lowest BCUT2D eigenvalue weighted by atomic mass is 10.2. The van der Waals surface area contributed by atoms with Gasteiger partial charge in [0.25, 0.3) is 0 Å². The predicted octanol–water partition coefficient (Wildman–Crippen LogP) is 1.69. The second-order valence-corrected chi connectivity index (χ2v) is 4.13. The summed E-state index contributed by atoms with van der Waals surface area (Å²) in [4.78, 5) is 4.39. The number of fused-ring (bicyclic) bond motifs is 1. The zero-order chi connectivity index (χ0) is 9.97. The van der Waals surface area contributed by atoms with Gasteiger partial charge in [-0.25, -0.2) is 4.98 Å². The highest BCUT2D eigenvalue weighted by atomic mass is 32.1. The standard InChI is InChI=1S/C10H9N3S/c11-6-7(12)5-10-13-8-3-1-2-4-9(8)14-10/h1-4,7H,5,12H2. The summed E-state index contributed by atoms with van der Waals surface area (Å²) in [5.74, 6) is 0. The first-order valence-corrected chi connectivity index (χ1v) is 5.11. The molecule has 14 heavy (non-hydrogen) atoms. The molecule has 2 N–H and O–H groups in total. The van der Waals surface area contributed by atoms with Crippen LogP contribution >= 0.6 is 11.3 Å². The minimum atomic E-state index is -0.449. The molecule has 2 aromatic rings. The third-order valence-electron chi connectivity index (χ3n) is 1.90. The normalized spacial score (nSPS) is 12.6. The Kier molecular flexibility index (Phi) is 2.44. The summed E-state index contributed by atoms with van der Waals surface area (Å²) < 4.78 is 1.15. The lowest BCUT2D eigenvalue weighted by molar-refractivity contribution is 0.818. The van der Waals surface area contributed by atoms with Crippen molar-refractivity contribution in [2.45, 2.75) is 12.5 Å². The third kappa shape index (κ3) is 1.74. The van der Waals surface area contributed by atoms with Crippen LogP contribution in [0.15, 0.2) is 24.3 Å². The van der Waals surface area contributed by atoms with Crippen LogP contribution in [0.5, 0.6) is 0 Å². The van der Waals surface area contributed by atoms with Crippen molar-refractivity contribution < 1.29 is 0 Å². The van der Waals surface area contributed by atoms with E-state index in [1.807, 2.05) is 30.3 Å². The van der Waals surface area contributed by atoms with Crippen LogP contribution in [0.25, 0.3) is 10.2 Å². The molecule has 0 bridgehead atoms. The number of benzene rings is 1. The minimum absolute atomic E-state index is 0.449. The summed E-state index contributed by atoms with van der Waals surface area (Å²) in [6, 6.07) is 9.48. The average Bonchev–Trinajstić information content (AvgIpc) is 2.59. The van der Waals surface area contributed by atoms with Gasteiger partial charge in [-0.2, -0.15) is 5.26 Å². The van der Waals surface area contributed by atoms with Crippen molar-refractivity contribution in [2.75, 3.05) is 0 Å². The van der Waals surface area contributed by atoms with Crippen LogP contribution < -0.4 is 5.73 Å². The van der Waals surface area contributed by atoms with Gasteiger partial charge in [0, 0.05) is 6.42 Å². The maximum absolute atomic E-state index is 8.57. The molecule has 1 aromatic carbocycles. The number of hydrogen-bond acceptors (Lipinski definition) is 4. The van der Waals surface area contributed by atoms with Gasteiger partial charge in [-0.15, -0.1) is 11.3 Å². The molecule has 2 rings (SSSR count). The lowest BCUT2D eigenvalue weighted by Crippen LogP contribution is -2.19. The molecule has 0 fully saturated rings. The maximum atomic E-state index is 8.57. The Bertz CT molecular complexity index is 450. The van der Waals surface area contributed by atoms with Crippen molar-refractivity contribution in [3.05, 3.63) is 29.3 Å². The van der Waals surface area contributed by atoms with Crippen molar-refractivity contribution in [1.29, 1.82) is 5.26 Å². The fourth-order valence-corrected chi connectivity index (χ4v) is 2.27. The molecule has 1 aromatic heterocycles. The van der Waals surface area contributed by atoms with E-state index < -0.39 is 6.04 Å². The van der Waals surface area contributed by atoms with Gasteiger partial charge in [-0.3, -0.25) is 0 Å². The summed E-state index contributed by atoms with van der Waals surface area (Å²) in [6.45, 7) is 0. The van der Waals surface area contributed by atoms with Crippen LogP contribution in [0.3, 0.4) is 0 Å². The van der Waals surface area contributed by atoms with E-state index in [9.17, 15) is 0 Å². The first kappa shape index (κ1) is 9.13. The summed E-state index contributed by atoms with van der Waals surface area (Å²) in [5.41, 5.74) is 6.52. The third-order valence-corrected chi connectivity index (χ3v) is 2.96. The molecule has 0 aliphatic heterocycles. The maximum Gasteiger partial charge on any atom is 0.0992 e. The summed E-state index contributed by atoms with van der Waals surface area (Å²) in [5, 5.41) is 9.50. The monoisotopic (exact) mass is 203 g/mol. The van der Waals surface area contributed by atoms with Crippen LogP contribution in [0, 0.1) is 11.3 Å². The zero-order valence-corrected chi connectivity index (χ0v) is 8.29. The number of rotatable bonds is 2. The van der Waals surface area contributed by atoms with Gasteiger partial charge in [-0.05, 0) is 12.1 Å². The van der Waals surface area contributed by atoms with E-state index in [0.717, 1.165) is 15.2 Å². The van der Waals surface area contributed by atoms with Gasteiger partial charge in [0.2, 0.25) is 0 Å². The second-order valence-electron chi connectivity index (χ2n) is 3.02.